The first-order valence-corrected chi connectivity index (χ1v) is 7.55. The average Bonchev–Trinajstić information content (AvgIpc) is 2.85. The van der Waals surface area contributed by atoms with Gasteiger partial charge in [-0.3, -0.25) is 4.68 Å². The number of methoxy groups -OCH3 is 1. The summed E-state index contributed by atoms with van der Waals surface area (Å²) in [4.78, 5) is 4.39. The van der Waals surface area contributed by atoms with Crippen molar-refractivity contribution in [2.45, 2.75) is 38.0 Å². The lowest BCUT2D eigenvalue weighted by Crippen LogP contribution is -2.47. The van der Waals surface area contributed by atoms with E-state index in [1.54, 1.807) is 13.3 Å². The van der Waals surface area contributed by atoms with Crippen molar-refractivity contribution in [3.63, 3.8) is 0 Å². The van der Waals surface area contributed by atoms with Gasteiger partial charge in [0.05, 0.1) is 19.9 Å². The Hall–Kier alpha value is -1.11. The summed E-state index contributed by atoms with van der Waals surface area (Å²) in [5.41, 5.74) is -0.0353. The van der Waals surface area contributed by atoms with Crippen molar-refractivity contribution >= 4 is 0 Å². The van der Waals surface area contributed by atoms with Crippen LogP contribution in [0.4, 0.5) is 0 Å². The van der Waals surface area contributed by atoms with Crippen LogP contribution in [-0.2, 0) is 12.1 Å². The quantitative estimate of drug-likeness (QED) is 0.869. The summed E-state index contributed by atoms with van der Waals surface area (Å²) in [7, 11) is 7.81. The third-order valence-electron chi connectivity index (χ3n) is 4.49. The normalized spacial score (nSPS) is 27.3. The van der Waals surface area contributed by atoms with E-state index in [2.05, 4.69) is 28.9 Å². The number of likely N-dealkylation sites (N-methyl/N-ethyl adjacent to an activating group) is 1. The molecule has 0 aromatic carbocycles. The van der Waals surface area contributed by atoms with Crippen LogP contribution in [0.2, 0.25) is 0 Å². The molecule has 21 heavy (non-hydrogen) atoms. The summed E-state index contributed by atoms with van der Waals surface area (Å²) in [5.74, 6) is 0.688. The lowest BCUT2D eigenvalue weighted by molar-refractivity contribution is -0.0487. The van der Waals surface area contributed by atoms with E-state index in [-0.39, 0.29) is 0 Å². The Morgan fingerprint density at radius 2 is 2.24 bits per heavy atom. The molecule has 6 heteroatoms. The van der Waals surface area contributed by atoms with Crippen LogP contribution in [0.1, 0.15) is 25.5 Å². The van der Waals surface area contributed by atoms with Crippen molar-refractivity contribution in [1.82, 2.24) is 19.6 Å². The molecule has 2 atom stereocenters. The molecule has 0 amide bonds. The molecular formula is C15H28N4O2. The summed E-state index contributed by atoms with van der Waals surface area (Å²) in [6.45, 7) is 4.65. The number of aliphatic hydroxyl groups is 1. The number of hydrogen-bond acceptors (Lipinski definition) is 5. The molecule has 0 bridgehead atoms. The standard InChI is InChI=1S/C15H28N4O2/c1-12-10-15(20,6-7-18(12)4)14-13(21-5)11-16-19(14)9-8-17(2)3/h11-12,20H,6-10H2,1-5H3. The first-order chi connectivity index (χ1) is 9.87. The highest BCUT2D eigenvalue weighted by Crippen LogP contribution is 2.39. The van der Waals surface area contributed by atoms with Crippen LogP contribution >= 0.6 is 0 Å². The third-order valence-corrected chi connectivity index (χ3v) is 4.49. The average molecular weight is 296 g/mol. The van der Waals surface area contributed by atoms with Gasteiger partial charge in [0.15, 0.2) is 5.75 Å². The van der Waals surface area contributed by atoms with Gasteiger partial charge in [-0.1, -0.05) is 0 Å². The Bertz CT molecular complexity index is 474. The minimum absolute atomic E-state index is 0.339. The molecule has 0 aliphatic carbocycles. The Kier molecular flexibility index (Phi) is 4.91. The minimum atomic E-state index is -0.861. The number of nitrogens with zero attached hydrogens (tertiary/aromatic N) is 4. The molecule has 1 aliphatic rings. The molecule has 0 saturated carbocycles. The zero-order valence-electron chi connectivity index (χ0n) is 13.8. The van der Waals surface area contributed by atoms with Crippen LogP contribution in [0, 0.1) is 0 Å². The van der Waals surface area contributed by atoms with Gasteiger partial charge in [0.25, 0.3) is 0 Å². The Morgan fingerprint density at radius 3 is 2.81 bits per heavy atom. The van der Waals surface area contributed by atoms with Gasteiger partial charge in [0.1, 0.15) is 11.3 Å². The Morgan fingerprint density at radius 1 is 1.52 bits per heavy atom. The molecule has 2 rings (SSSR count). The number of aromatic nitrogens is 2. The van der Waals surface area contributed by atoms with Crippen molar-refractivity contribution in [2.75, 3.05) is 41.3 Å². The Balaban J connectivity index is 2.29. The summed E-state index contributed by atoms with van der Waals surface area (Å²) >= 11 is 0. The highest BCUT2D eigenvalue weighted by molar-refractivity contribution is 5.31. The second-order valence-electron chi connectivity index (χ2n) is 6.40. The number of ether oxygens (including phenoxy) is 1. The molecule has 1 saturated heterocycles. The van der Waals surface area contributed by atoms with E-state index in [0.717, 1.165) is 25.3 Å². The predicted molar refractivity (Wildman–Crippen MR) is 82.6 cm³/mol. The largest absolute Gasteiger partial charge is 0.493 e. The van der Waals surface area contributed by atoms with Gasteiger partial charge < -0.3 is 19.6 Å². The number of hydrogen-bond donors (Lipinski definition) is 1. The van der Waals surface area contributed by atoms with Crippen molar-refractivity contribution < 1.29 is 9.84 Å². The number of piperidine rings is 1. The molecule has 1 aliphatic heterocycles. The molecule has 2 heterocycles. The summed E-state index contributed by atoms with van der Waals surface area (Å²) in [6.07, 6.45) is 3.12. The number of likely N-dealkylation sites (tertiary alicyclic amines) is 1. The second kappa shape index (κ2) is 6.34. The smallest absolute Gasteiger partial charge is 0.162 e. The second-order valence-corrected chi connectivity index (χ2v) is 6.40. The maximum Gasteiger partial charge on any atom is 0.162 e. The van der Waals surface area contributed by atoms with Crippen LogP contribution in [-0.4, -0.2) is 72.1 Å². The molecular weight excluding hydrogens is 268 g/mol. The number of rotatable bonds is 5. The van der Waals surface area contributed by atoms with E-state index in [0.29, 0.717) is 24.6 Å². The molecule has 120 valence electrons. The summed E-state index contributed by atoms with van der Waals surface area (Å²) in [6, 6.07) is 0.339. The molecule has 0 radical (unpaired) electrons. The van der Waals surface area contributed by atoms with Crippen molar-refractivity contribution in [2.24, 2.45) is 0 Å². The van der Waals surface area contributed by atoms with Crippen molar-refractivity contribution in [3.8, 4) is 5.75 Å². The van der Waals surface area contributed by atoms with E-state index < -0.39 is 5.60 Å². The first-order valence-electron chi connectivity index (χ1n) is 7.55. The maximum absolute atomic E-state index is 11.2. The minimum Gasteiger partial charge on any atom is -0.493 e. The molecule has 0 spiro atoms. The first kappa shape index (κ1) is 16.3. The molecule has 2 unspecified atom stereocenters. The van der Waals surface area contributed by atoms with Gasteiger partial charge >= 0.3 is 0 Å². The van der Waals surface area contributed by atoms with Gasteiger partial charge in [-0.05, 0) is 40.9 Å². The van der Waals surface area contributed by atoms with Gasteiger partial charge in [-0.2, -0.15) is 5.10 Å². The van der Waals surface area contributed by atoms with Crippen LogP contribution in [0.5, 0.6) is 5.75 Å². The SMILES string of the molecule is COc1cnn(CCN(C)C)c1C1(O)CCN(C)C(C)C1. The topological polar surface area (TPSA) is 53.8 Å². The van der Waals surface area contributed by atoms with Gasteiger partial charge in [-0.15, -0.1) is 0 Å². The molecule has 1 N–H and O–H groups in total. The molecule has 1 fully saturated rings. The fraction of sp³-hybridized carbons (Fsp3) is 0.800. The van der Waals surface area contributed by atoms with Gasteiger partial charge in [-0.25, -0.2) is 0 Å². The lowest BCUT2D eigenvalue weighted by atomic mass is 9.84. The third kappa shape index (κ3) is 3.39. The van der Waals surface area contributed by atoms with E-state index in [1.807, 2.05) is 18.8 Å². The van der Waals surface area contributed by atoms with E-state index in [9.17, 15) is 5.11 Å². The van der Waals surface area contributed by atoms with Crippen molar-refractivity contribution in [1.29, 1.82) is 0 Å². The summed E-state index contributed by atoms with van der Waals surface area (Å²) in [5, 5.41) is 15.6. The maximum atomic E-state index is 11.2. The lowest BCUT2D eigenvalue weighted by Gasteiger charge is -2.41. The van der Waals surface area contributed by atoms with Gasteiger partial charge in [0, 0.05) is 19.1 Å². The van der Waals surface area contributed by atoms with Gasteiger partial charge in [0.2, 0.25) is 0 Å². The predicted octanol–water partition coefficient (Wildman–Crippen LogP) is 0.755. The monoisotopic (exact) mass is 296 g/mol. The summed E-state index contributed by atoms with van der Waals surface area (Å²) < 4.78 is 7.34. The highest BCUT2D eigenvalue weighted by atomic mass is 16.5. The van der Waals surface area contributed by atoms with Crippen LogP contribution in [0.3, 0.4) is 0 Å². The fourth-order valence-electron chi connectivity index (χ4n) is 2.99. The van der Waals surface area contributed by atoms with Crippen LogP contribution in [0.15, 0.2) is 6.20 Å². The fourth-order valence-corrected chi connectivity index (χ4v) is 2.99. The van der Waals surface area contributed by atoms with Crippen LogP contribution in [0.25, 0.3) is 0 Å². The van der Waals surface area contributed by atoms with Crippen LogP contribution < -0.4 is 4.74 Å². The molecule has 1 aromatic rings. The van der Waals surface area contributed by atoms with Crippen molar-refractivity contribution in [3.05, 3.63) is 11.9 Å². The zero-order chi connectivity index (χ0) is 15.6. The van der Waals surface area contributed by atoms with E-state index in [1.165, 1.54) is 0 Å². The van der Waals surface area contributed by atoms with E-state index in [4.69, 9.17) is 4.74 Å². The Labute approximate surface area is 127 Å². The molecule has 1 aromatic heterocycles. The zero-order valence-corrected chi connectivity index (χ0v) is 13.8. The van der Waals surface area contributed by atoms with E-state index >= 15 is 0 Å². The highest BCUT2D eigenvalue weighted by Gasteiger charge is 2.41. The molecule has 6 nitrogen and oxygen atoms in total.